The van der Waals surface area contributed by atoms with Crippen molar-refractivity contribution in [2.75, 3.05) is 26.2 Å². The van der Waals surface area contributed by atoms with Crippen molar-refractivity contribution in [3.63, 3.8) is 0 Å². The number of oxazole rings is 1. The molecule has 0 bridgehead atoms. The lowest BCUT2D eigenvalue weighted by molar-refractivity contribution is 0.166. The zero-order valence-corrected chi connectivity index (χ0v) is 18.9. The minimum atomic E-state index is 0. The molecule has 26 heavy (non-hydrogen) atoms. The lowest BCUT2D eigenvalue weighted by Gasteiger charge is -2.30. The second-order valence-corrected chi connectivity index (χ2v) is 7.65. The van der Waals surface area contributed by atoms with E-state index in [9.17, 15) is 0 Å². The van der Waals surface area contributed by atoms with E-state index in [1.807, 2.05) is 13.8 Å². The highest BCUT2D eigenvalue weighted by molar-refractivity contribution is 14.0. The lowest BCUT2D eigenvalue weighted by atomic mass is 9.97. The summed E-state index contributed by atoms with van der Waals surface area (Å²) in [6.07, 6.45) is 3.66. The molecular weight excluding hydrogens is 441 g/mol. The molecule has 0 amide bonds. The highest BCUT2D eigenvalue weighted by Crippen LogP contribution is 2.28. The van der Waals surface area contributed by atoms with Crippen LogP contribution in [0, 0.1) is 25.7 Å². The van der Waals surface area contributed by atoms with Gasteiger partial charge in [-0.05, 0) is 65.0 Å². The third-order valence-electron chi connectivity index (χ3n) is 5.42. The first-order valence-corrected chi connectivity index (χ1v) is 9.75. The first-order valence-electron chi connectivity index (χ1n) is 9.75. The van der Waals surface area contributed by atoms with Gasteiger partial charge in [0.1, 0.15) is 5.76 Å². The van der Waals surface area contributed by atoms with Crippen molar-refractivity contribution in [1.82, 2.24) is 20.5 Å². The Labute approximate surface area is 174 Å². The second-order valence-electron chi connectivity index (χ2n) is 7.65. The first kappa shape index (κ1) is 21.5. The Hall–Kier alpha value is -0.830. The van der Waals surface area contributed by atoms with E-state index in [1.165, 1.54) is 19.3 Å². The van der Waals surface area contributed by atoms with Gasteiger partial charge >= 0.3 is 0 Å². The molecule has 0 aromatic carbocycles. The number of nitrogens with one attached hydrogen (secondary N) is 2. The van der Waals surface area contributed by atoms with Gasteiger partial charge in [-0.1, -0.05) is 6.92 Å². The number of aliphatic imine (C=N–C) groups is 1. The second kappa shape index (κ2) is 9.92. The van der Waals surface area contributed by atoms with Crippen LogP contribution >= 0.6 is 24.0 Å². The average Bonchev–Trinajstić information content (AvgIpc) is 3.18. The number of guanidine groups is 1. The Morgan fingerprint density at radius 1 is 1.31 bits per heavy atom. The van der Waals surface area contributed by atoms with Gasteiger partial charge in [-0.15, -0.1) is 24.0 Å². The fourth-order valence-corrected chi connectivity index (χ4v) is 3.36. The Morgan fingerprint density at radius 3 is 2.54 bits per heavy atom. The summed E-state index contributed by atoms with van der Waals surface area (Å²) < 4.78 is 5.71. The topological polar surface area (TPSA) is 65.7 Å². The van der Waals surface area contributed by atoms with E-state index in [0.29, 0.717) is 12.0 Å². The summed E-state index contributed by atoms with van der Waals surface area (Å²) in [5.74, 6) is 4.24. The number of likely N-dealkylation sites (tertiary alicyclic amines) is 1. The van der Waals surface area contributed by atoms with E-state index in [2.05, 4.69) is 34.4 Å². The molecule has 0 spiro atoms. The van der Waals surface area contributed by atoms with E-state index in [4.69, 9.17) is 9.41 Å². The fraction of sp³-hybridized carbons (Fsp3) is 0.789. The van der Waals surface area contributed by atoms with Crippen LogP contribution in [0.2, 0.25) is 0 Å². The average molecular weight is 475 g/mol. The highest BCUT2D eigenvalue weighted by Gasteiger charge is 2.33. The largest absolute Gasteiger partial charge is 0.444 e. The highest BCUT2D eigenvalue weighted by atomic mass is 127. The molecule has 1 aliphatic carbocycles. The lowest BCUT2D eigenvalue weighted by Crippen LogP contribution is -2.40. The standard InChI is InChI=1S/C19H33N5O.HI/c1-5-20-19(23-17-10-13(17)2)21-11-16-6-8-24(9-7-16)12-18-22-14(3)15(4)25-18;/h13,16-17H,5-12H2,1-4H3,(H2,20,21,23);1H. The van der Waals surface area contributed by atoms with E-state index in [0.717, 1.165) is 61.9 Å². The Kier molecular flexibility index (Phi) is 8.19. The molecule has 2 aliphatic rings. The SMILES string of the molecule is CCNC(=NCC1CCN(Cc2nc(C)c(C)o2)CC1)NC1CC1C.I. The Bertz CT molecular complexity index is 575. The van der Waals surface area contributed by atoms with Crippen molar-refractivity contribution in [2.45, 2.75) is 59.5 Å². The molecule has 2 N–H and O–H groups in total. The van der Waals surface area contributed by atoms with Crippen molar-refractivity contribution in [3.8, 4) is 0 Å². The van der Waals surface area contributed by atoms with Crippen LogP contribution in [0.15, 0.2) is 9.41 Å². The van der Waals surface area contributed by atoms with Crippen LogP contribution in [0.4, 0.5) is 0 Å². The van der Waals surface area contributed by atoms with Gasteiger partial charge in [-0.2, -0.15) is 0 Å². The quantitative estimate of drug-likeness (QED) is 0.376. The number of hydrogen-bond acceptors (Lipinski definition) is 4. The minimum Gasteiger partial charge on any atom is -0.444 e. The Balaban J connectivity index is 0.00000243. The van der Waals surface area contributed by atoms with E-state index < -0.39 is 0 Å². The summed E-state index contributed by atoms with van der Waals surface area (Å²) in [4.78, 5) is 11.8. The molecule has 2 heterocycles. The third-order valence-corrected chi connectivity index (χ3v) is 5.42. The van der Waals surface area contributed by atoms with Crippen molar-refractivity contribution in [2.24, 2.45) is 16.8 Å². The van der Waals surface area contributed by atoms with Gasteiger partial charge in [-0.3, -0.25) is 9.89 Å². The number of hydrogen-bond donors (Lipinski definition) is 2. The van der Waals surface area contributed by atoms with Crippen molar-refractivity contribution in [1.29, 1.82) is 0 Å². The maximum Gasteiger partial charge on any atom is 0.208 e. The first-order chi connectivity index (χ1) is 12.0. The molecule has 1 aliphatic heterocycles. The number of piperidine rings is 1. The van der Waals surface area contributed by atoms with Gasteiger partial charge in [0.25, 0.3) is 0 Å². The number of aromatic nitrogens is 1. The number of halogens is 1. The molecule has 1 saturated heterocycles. The molecule has 7 heteroatoms. The Morgan fingerprint density at radius 2 is 2.00 bits per heavy atom. The van der Waals surface area contributed by atoms with Gasteiger partial charge in [0.2, 0.25) is 5.89 Å². The van der Waals surface area contributed by atoms with Gasteiger partial charge in [0.05, 0.1) is 12.2 Å². The van der Waals surface area contributed by atoms with Gasteiger partial charge in [0, 0.05) is 19.1 Å². The van der Waals surface area contributed by atoms with Gasteiger partial charge in [0.15, 0.2) is 5.96 Å². The van der Waals surface area contributed by atoms with Crippen LogP contribution in [0.3, 0.4) is 0 Å². The van der Waals surface area contributed by atoms with Crippen LogP contribution in [0.5, 0.6) is 0 Å². The number of aryl methyl sites for hydroxylation is 2. The minimum absolute atomic E-state index is 0. The van der Waals surface area contributed by atoms with Crippen molar-refractivity contribution >= 4 is 29.9 Å². The van der Waals surface area contributed by atoms with Crippen LogP contribution < -0.4 is 10.6 Å². The maximum absolute atomic E-state index is 5.71. The summed E-state index contributed by atoms with van der Waals surface area (Å²) in [7, 11) is 0. The van der Waals surface area contributed by atoms with Gasteiger partial charge < -0.3 is 15.1 Å². The van der Waals surface area contributed by atoms with Gasteiger partial charge in [-0.25, -0.2) is 4.98 Å². The summed E-state index contributed by atoms with van der Waals surface area (Å²) in [5.41, 5.74) is 1.01. The molecule has 6 nitrogen and oxygen atoms in total. The maximum atomic E-state index is 5.71. The normalized spacial score (nSPS) is 24.2. The molecule has 1 saturated carbocycles. The summed E-state index contributed by atoms with van der Waals surface area (Å²) in [5, 5.41) is 6.91. The zero-order valence-electron chi connectivity index (χ0n) is 16.5. The summed E-state index contributed by atoms with van der Waals surface area (Å²) >= 11 is 0. The molecule has 2 unspecified atom stereocenters. The zero-order chi connectivity index (χ0) is 17.8. The molecule has 2 atom stereocenters. The molecular formula is C19H34IN5O. The molecule has 1 aromatic rings. The molecule has 2 fully saturated rings. The number of nitrogens with zero attached hydrogens (tertiary/aromatic N) is 3. The van der Waals surface area contributed by atoms with Crippen LogP contribution in [0.25, 0.3) is 0 Å². The summed E-state index contributed by atoms with van der Waals surface area (Å²) in [6, 6.07) is 0.618. The van der Waals surface area contributed by atoms with E-state index >= 15 is 0 Å². The van der Waals surface area contributed by atoms with E-state index in [1.54, 1.807) is 0 Å². The van der Waals surface area contributed by atoms with Crippen LogP contribution in [-0.4, -0.2) is 48.1 Å². The molecule has 148 valence electrons. The van der Waals surface area contributed by atoms with Crippen LogP contribution in [-0.2, 0) is 6.54 Å². The van der Waals surface area contributed by atoms with Crippen molar-refractivity contribution < 1.29 is 4.42 Å². The fourth-order valence-electron chi connectivity index (χ4n) is 3.36. The monoisotopic (exact) mass is 475 g/mol. The predicted octanol–water partition coefficient (Wildman–Crippen LogP) is 3.08. The summed E-state index contributed by atoms with van der Waals surface area (Å²) in [6.45, 7) is 13.3. The number of rotatable bonds is 6. The van der Waals surface area contributed by atoms with Crippen molar-refractivity contribution in [3.05, 3.63) is 17.3 Å². The van der Waals surface area contributed by atoms with E-state index in [-0.39, 0.29) is 24.0 Å². The van der Waals surface area contributed by atoms with Crippen LogP contribution in [0.1, 0.15) is 50.5 Å². The molecule has 3 rings (SSSR count). The third kappa shape index (κ3) is 6.11. The smallest absolute Gasteiger partial charge is 0.208 e. The predicted molar refractivity (Wildman–Crippen MR) is 116 cm³/mol. The molecule has 0 radical (unpaired) electrons. The molecule has 1 aromatic heterocycles.